The van der Waals surface area contributed by atoms with Crippen LogP contribution in [0, 0.1) is 6.92 Å². The number of hydrogen-bond donors (Lipinski definition) is 0. The molecule has 1 amide bonds. The second-order valence-corrected chi connectivity index (χ2v) is 8.58. The fourth-order valence-corrected chi connectivity index (χ4v) is 4.88. The second kappa shape index (κ2) is 8.61. The van der Waals surface area contributed by atoms with Crippen molar-refractivity contribution < 1.29 is 9.53 Å². The van der Waals surface area contributed by atoms with E-state index >= 15 is 0 Å². The van der Waals surface area contributed by atoms with E-state index in [0.717, 1.165) is 61.0 Å². The van der Waals surface area contributed by atoms with Gasteiger partial charge in [0.05, 0.1) is 11.8 Å². The molecule has 2 aromatic rings. The number of piperidine rings is 1. The normalized spacial score (nSPS) is 22.6. The number of ether oxygens (including phenoxy) is 1. The van der Waals surface area contributed by atoms with Gasteiger partial charge in [0.15, 0.2) is 5.16 Å². The Morgan fingerprint density at radius 1 is 1.36 bits per heavy atom. The third-order valence-electron chi connectivity index (χ3n) is 5.55. The van der Waals surface area contributed by atoms with E-state index in [4.69, 9.17) is 9.72 Å². The molecule has 0 aromatic carbocycles. The first-order chi connectivity index (χ1) is 13.6. The van der Waals surface area contributed by atoms with Gasteiger partial charge in [-0.1, -0.05) is 11.8 Å². The molecule has 2 atom stereocenters. The van der Waals surface area contributed by atoms with E-state index < -0.39 is 0 Å². The average Bonchev–Trinajstić information content (AvgIpc) is 3.38. The number of carbonyl (C=O) groups excluding carboxylic acids is 1. The van der Waals surface area contributed by atoms with Crippen LogP contribution in [0.2, 0.25) is 0 Å². The van der Waals surface area contributed by atoms with Gasteiger partial charge >= 0.3 is 0 Å². The van der Waals surface area contributed by atoms with Crippen molar-refractivity contribution in [3.05, 3.63) is 35.4 Å². The van der Waals surface area contributed by atoms with Crippen LogP contribution >= 0.6 is 11.8 Å². The average molecular weight is 402 g/mol. The van der Waals surface area contributed by atoms with Crippen LogP contribution in [0.5, 0.6) is 0 Å². The summed E-state index contributed by atoms with van der Waals surface area (Å²) in [4.78, 5) is 24.2. The van der Waals surface area contributed by atoms with Gasteiger partial charge in [0.25, 0.3) is 5.91 Å². The van der Waals surface area contributed by atoms with Crippen LogP contribution in [-0.4, -0.2) is 62.1 Å². The van der Waals surface area contributed by atoms with Crippen molar-refractivity contribution >= 4 is 17.7 Å². The fraction of sp³-hybridized carbons (Fsp3) is 0.600. The lowest BCUT2D eigenvalue weighted by molar-refractivity contribution is 0.0694. The van der Waals surface area contributed by atoms with Crippen molar-refractivity contribution in [1.82, 2.24) is 24.6 Å². The van der Waals surface area contributed by atoms with Gasteiger partial charge in [0.1, 0.15) is 5.69 Å². The molecule has 8 heteroatoms. The lowest BCUT2D eigenvalue weighted by Gasteiger charge is -2.33. The number of hydrogen-bond acceptors (Lipinski definition) is 6. The summed E-state index contributed by atoms with van der Waals surface area (Å²) in [5.74, 6) is 1.19. The van der Waals surface area contributed by atoms with E-state index in [-0.39, 0.29) is 11.8 Å². The maximum absolute atomic E-state index is 12.9. The number of aryl methyl sites for hydroxylation is 2. The van der Waals surface area contributed by atoms with E-state index in [1.165, 1.54) is 0 Å². The van der Waals surface area contributed by atoms with E-state index in [1.54, 1.807) is 35.8 Å². The third-order valence-corrected chi connectivity index (χ3v) is 6.54. The molecule has 2 aliphatic rings. The Labute approximate surface area is 169 Å². The first kappa shape index (κ1) is 19.4. The molecule has 28 heavy (non-hydrogen) atoms. The van der Waals surface area contributed by atoms with E-state index in [0.29, 0.717) is 18.3 Å². The molecule has 0 unspecified atom stereocenters. The number of thioether (sulfide) groups is 1. The molecule has 0 radical (unpaired) electrons. The highest BCUT2D eigenvalue weighted by molar-refractivity contribution is 7.99. The highest BCUT2D eigenvalue weighted by Gasteiger charge is 2.29. The van der Waals surface area contributed by atoms with Gasteiger partial charge in [-0.05, 0) is 44.2 Å². The summed E-state index contributed by atoms with van der Waals surface area (Å²) in [6, 6.07) is 1.78. The Morgan fingerprint density at radius 2 is 2.25 bits per heavy atom. The molecular weight excluding hydrogens is 374 g/mol. The first-order valence-electron chi connectivity index (χ1n) is 9.97. The standard InChI is InChI=1S/C20H27N5O2S/c1-14-11-21-20(28-13-16-6-4-10-27-16)23-18(14)15-5-3-9-25(12-15)19(26)17-7-8-22-24(17)2/h7-8,11,15-16H,3-6,9-10,12-13H2,1-2H3/t15-,16-/m1/s1. The molecule has 150 valence electrons. The summed E-state index contributed by atoms with van der Waals surface area (Å²) < 4.78 is 7.34. The minimum atomic E-state index is 0.0457. The molecule has 0 saturated carbocycles. The van der Waals surface area contributed by atoms with Crippen LogP contribution in [0.25, 0.3) is 0 Å². The Kier molecular flexibility index (Phi) is 5.96. The lowest BCUT2D eigenvalue weighted by Crippen LogP contribution is -2.40. The summed E-state index contributed by atoms with van der Waals surface area (Å²) >= 11 is 1.67. The smallest absolute Gasteiger partial charge is 0.272 e. The molecule has 0 spiro atoms. The molecule has 0 bridgehead atoms. The van der Waals surface area contributed by atoms with Crippen molar-refractivity contribution in [3.63, 3.8) is 0 Å². The largest absolute Gasteiger partial charge is 0.377 e. The highest BCUT2D eigenvalue weighted by Crippen LogP contribution is 2.30. The minimum absolute atomic E-state index is 0.0457. The molecule has 2 aromatic heterocycles. The Bertz CT molecular complexity index is 834. The molecule has 4 heterocycles. The lowest BCUT2D eigenvalue weighted by atomic mass is 9.92. The predicted octanol–water partition coefficient (Wildman–Crippen LogP) is 2.81. The van der Waals surface area contributed by atoms with E-state index in [9.17, 15) is 4.79 Å². The zero-order valence-electron chi connectivity index (χ0n) is 16.5. The Hall–Kier alpha value is -1.93. The summed E-state index contributed by atoms with van der Waals surface area (Å²) in [7, 11) is 1.81. The number of aromatic nitrogens is 4. The zero-order chi connectivity index (χ0) is 19.5. The molecule has 2 fully saturated rings. The summed E-state index contributed by atoms with van der Waals surface area (Å²) in [6.07, 6.45) is 8.20. The maximum Gasteiger partial charge on any atom is 0.272 e. The number of likely N-dealkylation sites (tertiary alicyclic amines) is 1. The number of nitrogens with zero attached hydrogens (tertiary/aromatic N) is 5. The predicted molar refractivity (Wildman–Crippen MR) is 108 cm³/mol. The van der Waals surface area contributed by atoms with Crippen molar-refractivity contribution in [3.8, 4) is 0 Å². The monoisotopic (exact) mass is 401 g/mol. The van der Waals surface area contributed by atoms with Crippen LogP contribution in [0.3, 0.4) is 0 Å². The zero-order valence-corrected chi connectivity index (χ0v) is 17.3. The highest BCUT2D eigenvalue weighted by atomic mass is 32.2. The van der Waals surface area contributed by atoms with Gasteiger partial charge in [-0.15, -0.1) is 0 Å². The molecular formula is C20H27N5O2S. The van der Waals surface area contributed by atoms with Crippen molar-refractivity contribution in [2.45, 2.75) is 49.8 Å². The van der Waals surface area contributed by atoms with Gasteiger partial charge in [-0.3, -0.25) is 9.48 Å². The molecule has 0 N–H and O–H groups in total. The topological polar surface area (TPSA) is 73.1 Å². The molecule has 7 nitrogen and oxygen atoms in total. The SMILES string of the molecule is Cc1cnc(SC[C@H]2CCCO2)nc1[C@@H]1CCCN(C(=O)c2ccnn2C)C1. The molecule has 2 saturated heterocycles. The summed E-state index contributed by atoms with van der Waals surface area (Å²) in [5.41, 5.74) is 2.81. The molecule has 0 aliphatic carbocycles. The van der Waals surface area contributed by atoms with E-state index in [2.05, 4.69) is 17.0 Å². The Morgan fingerprint density at radius 3 is 3.00 bits per heavy atom. The van der Waals surface area contributed by atoms with Crippen molar-refractivity contribution in [2.75, 3.05) is 25.4 Å². The molecule has 4 rings (SSSR count). The fourth-order valence-electron chi connectivity index (χ4n) is 3.99. The summed E-state index contributed by atoms with van der Waals surface area (Å²) in [5, 5.41) is 4.94. The molecule has 2 aliphatic heterocycles. The Balaban J connectivity index is 1.45. The number of amides is 1. The van der Waals surface area contributed by atoms with Gasteiger partial charge in [-0.25, -0.2) is 9.97 Å². The van der Waals surface area contributed by atoms with Crippen LogP contribution in [0.4, 0.5) is 0 Å². The van der Waals surface area contributed by atoms with Crippen LogP contribution in [0.1, 0.15) is 53.3 Å². The van der Waals surface area contributed by atoms with Gasteiger partial charge < -0.3 is 9.64 Å². The van der Waals surface area contributed by atoms with Crippen molar-refractivity contribution in [1.29, 1.82) is 0 Å². The maximum atomic E-state index is 12.9. The number of rotatable bonds is 5. The summed E-state index contributed by atoms with van der Waals surface area (Å²) in [6.45, 7) is 4.41. The van der Waals surface area contributed by atoms with Crippen LogP contribution in [-0.2, 0) is 11.8 Å². The third kappa shape index (κ3) is 4.22. The quantitative estimate of drug-likeness (QED) is 0.567. The first-order valence-corrected chi connectivity index (χ1v) is 11.0. The minimum Gasteiger partial charge on any atom is -0.377 e. The van der Waals surface area contributed by atoms with E-state index in [1.807, 2.05) is 11.1 Å². The second-order valence-electron chi connectivity index (χ2n) is 7.60. The van der Waals surface area contributed by atoms with Crippen LogP contribution in [0.15, 0.2) is 23.6 Å². The van der Waals surface area contributed by atoms with Gasteiger partial charge in [-0.2, -0.15) is 5.10 Å². The van der Waals surface area contributed by atoms with Gasteiger partial charge in [0, 0.05) is 50.8 Å². The van der Waals surface area contributed by atoms with Gasteiger partial charge in [0.2, 0.25) is 0 Å². The number of carbonyl (C=O) groups is 1. The van der Waals surface area contributed by atoms with Crippen LogP contribution < -0.4 is 0 Å². The van der Waals surface area contributed by atoms with Crippen molar-refractivity contribution in [2.24, 2.45) is 7.05 Å².